The molecule has 0 amide bonds. The smallest absolute Gasteiger partial charge is 0.277 e. The topological polar surface area (TPSA) is 48.2 Å². The van der Waals surface area contributed by atoms with Gasteiger partial charge in [0.05, 0.1) is 0 Å². The normalized spacial score (nSPS) is 10.7. The van der Waals surface area contributed by atoms with Gasteiger partial charge in [-0.3, -0.25) is 0 Å². The Hall–Kier alpha value is -2.27. The molecule has 0 aliphatic heterocycles. The second kappa shape index (κ2) is 7.33. The summed E-state index contributed by atoms with van der Waals surface area (Å²) in [6.07, 6.45) is 0. The molecule has 0 aliphatic carbocycles. The van der Waals surface area contributed by atoms with Gasteiger partial charge in [-0.05, 0) is 37.1 Å². The summed E-state index contributed by atoms with van der Waals surface area (Å²) in [6, 6.07) is 16.3. The minimum Gasteiger partial charge on any atom is -0.484 e. The molecule has 2 aromatic carbocycles. The molecule has 0 unspecified atom stereocenters. The van der Waals surface area contributed by atoms with Crippen molar-refractivity contribution in [3.63, 3.8) is 0 Å². The van der Waals surface area contributed by atoms with E-state index in [9.17, 15) is 0 Å². The molecule has 0 bridgehead atoms. The van der Waals surface area contributed by atoms with E-state index >= 15 is 0 Å². The van der Waals surface area contributed by atoms with Crippen molar-refractivity contribution in [2.24, 2.45) is 0 Å². The summed E-state index contributed by atoms with van der Waals surface area (Å²) < 4.78 is 11.3. The van der Waals surface area contributed by atoms with Gasteiger partial charge in [-0.2, -0.15) is 0 Å². The SMILES string of the molecule is Cc1ccc(CSc2nnc(COc3cccc(C)c3)o2)cc1. The van der Waals surface area contributed by atoms with Crippen molar-refractivity contribution in [1.29, 1.82) is 0 Å². The molecule has 0 N–H and O–H groups in total. The Bertz CT molecular complexity index is 769. The van der Waals surface area contributed by atoms with Crippen LogP contribution in [0, 0.1) is 13.8 Å². The van der Waals surface area contributed by atoms with E-state index in [-0.39, 0.29) is 6.61 Å². The lowest BCUT2D eigenvalue weighted by atomic mass is 10.2. The molecule has 0 fully saturated rings. The number of aromatic nitrogens is 2. The average molecular weight is 326 g/mol. The third kappa shape index (κ3) is 4.60. The van der Waals surface area contributed by atoms with Crippen LogP contribution in [0.3, 0.4) is 0 Å². The summed E-state index contributed by atoms with van der Waals surface area (Å²) in [5.74, 6) is 2.09. The number of hydrogen-bond acceptors (Lipinski definition) is 5. The molecular weight excluding hydrogens is 308 g/mol. The van der Waals surface area contributed by atoms with Crippen LogP contribution in [0.25, 0.3) is 0 Å². The van der Waals surface area contributed by atoms with E-state index in [4.69, 9.17) is 9.15 Å². The highest BCUT2D eigenvalue weighted by Gasteiger charge is 2.08. The van der Waals surface area contributed by atoms with Crippen molar-refractivity contribution in [1.82, 2.24) is 10.2 Å². The van der Waals surface area contributed by atoms with E-state index in [0.717, 1.165) is 17.1 Å². The molecular formula is C18H18N2O2S. The molecule has 0 saturated heterocycles. The molecule has 0 saturated carbocycles. The van der Waals surface area contributed by atoms with Gasteiger partial charge < -0.3 is 9.15 Å². The van der Waals surface area contributed by atoms with Gasteiger partial charge in [-0.15, -0.1) is 10.2 Å². The molecule has 3 aromatic rings. The summed E-state index contributed by atoms with van der Waals surface area (Å²) in [5, 5.41) is 8.63. The van der Waals surface area contributed by atoms with Crippen molar-refractivity contribution in [2.45, 2.75) is 31.4 Å². The van der Waals surface area contributed by atoms with E-state index in [0.29, 0.717) is 11.1 Å². The number of hydrogen-bond donors (Lipinski definition) is 0. The maximum absolute atomic E-state index is 5.66. The Morgan fingerprint density at radius 3 is 2.61 bits per heavy atom. The Balaban J connectivity index is 1.52. The second-order valence-corrected chi connectivity index (χ2v) is 6.27. The predicted molar refractivity (Wildman–Crippen MR) is 90.5 cm³/mol. The predicted octanol–water partition coefficient (Wildman–Crippen LogP) is 4.56. The first kappa shape index (κ1) is 15.6. The lowest BCUT2D eigenvalue weighted by Gasteiger charge is -2.03. The summed E-state index contributed by atoms with van der Waals surface area (Å²) in [4.78, 5) is 0. The molecule has 0 atom stereocenters. The Kier molecular flexibility index (Phi) is 4.98. The van der Waals surface area contributed by atoms with Gasteiger partial charge in [0.25, 0.3) is 11.1 Å². The number of aryl methyl sites for hydroxylation is 2. The average Bonchev–Trinajstić information content (AvgIpc) is 3.00. The number of rotatable bonds is 6. The van der Waals surface area contributed by atoms with Crippen molar-refractivity contribution in [3.8, 4) is 5.75 Å². The minimum absolute atomic E-state index is 0.279. The highest BCUT2D eigenvalue weighted by molar-refractivity contribution is 7.98. The summed E-state index contributed by atoms with van der Waals surface area (Å²) >= 11 is 1.53. The summed E-state index contributed by atoms with van der Waals surface area (Å²) in [6.45, 7) is 4.39. The monoisotopic (exact) mass is 326 g/mol. The highest BCUT2D eigenvalue weighted by atomic mass is 32.2. The Morgan fingerprint density at radius 2 is 1.83 bits per heavy atom. The fourth-order valence-corrected chi connectivity index (χ4v) is 2.77. The van der Waals surface area contributed by atoms with Crippen LogP contribution in [-0.2, 0) is 12.4 Å². The molecule has 3 rings (SSSR count). The maximum Gasteiger partial charge on any atom is 0.277 e. The van der Waals surface area contributed by atoms with Crippen LogP contribution < -0.4 is 4.74 Å². The molecule has 0 aliphatic rings. The van der Waals surface area contributed by atoms with Crippen LogP contribution in [0.15, 0.2) is 58.2 Å². The van der Waals surface area contributed by atoms with E-state index in [1.807, 2.05) is 31.2 Å². The van der Waals surface area contributed by atoms with Crippen LogP contribution in [0.2, 0.25) is 0 Å². The summed E-state index contributed by atoms with van der Waals surface area (Å²) in [5.41, 5.74) is 3.64. The first-order valence-electron chi connectivity index (χ1n) is 7.39. The number of nitrogens with zero attached hydrogens (tertiary/aromatic N) is 2. The van der Waals surface area contributed by atoms with Crippen LogP contribution in [0.4, 0.5) is 0 Å². The van der Waals surface area contributed by atoms with Crippen LogP contribution in [0.5, 0.6) is 5.75 Å². The standard InChI is InChI=1S/C18H18N2O2S/c1-13-6-8-15(9-7-13)12-23-18-20-19-17(22-18)11-21-16-5-3-4-14(2)10-16/h3-10H,11-12H2,1-2H3. The number of benzene rings is 2. The molecule has 4 nitrogen and oxygen atoms in total. The van der Waals surface area contributed by atoms with Crippen LogP contribution in [-0.4, -0.2) is 10.2 Å². The fourth-order valence-electron chi connectivity index (χ4n) is 2.03. The van der Waals surface area contributed by atoms with Gasteiger partial charge >= 0.3 is 0 Å². The van der Waals surface area contributed by atoms with E-state index in [2.05, 4.69) is 41.4 Å². The van der Waals surface area contributed by atoms with Crippen LogP contribution >= 0.6 is 11.8 Å². The zero-order valence-corrected chi connectivity index (χ0v) is 14.0. The van der Waals surface area contributed by atoms with Crippen LogP contribution in [0.1, 0.15) is 22.6 Å². The summed E-state index contributed by atoms with van der Waals surface area (Å²) in [7, 11) is 0. The van der Waals surface area contributed by atoms with Crippen molar-refractivity contribution in [3.05, 3.63) is 71.1 Å². The van der Waals surface area contributed by atoms with Crippen molar-refractivity contribution < 1.29 is 9.15 Å². The molecule has 1 heterocycles. The maximum atomic E-state index is 5.66. The van der Waals surface area contributed by atoms with E-state index in [1.165, 1.54) is 22.9 Å². The third-order valence-corrected chi connectivity index (χ3v) is 4.17. The quantitative estimate of drug-likeness (QED) is 0.622. The molecule has 0 spiro atoms. The van der Waals surface area contributed by atoms with Gasteiger partial charge in [0.1, 0.15) is 5.75 Å². The lowest BCUT2D eigenvalue weighted by molar-refractivity contribution is 0.252. The zero-order chi connectivity index (χ0) is 16.1. The molecule has 23 heavy (non-hydrogen) atoms. The third-order valence-electron chi connectivity index (χ3n) is 3.28. The minimum atomic E-state index is 0.279. The van der Waals surface area contributed by atoms with E-state index < -0.39 is 0 Å². The molecule has 0 radical (unpaired) electrons. The number of thioether (sulfide) groups is 1. The highest BCUT2D eigenvalue weighted by Crippen LogP contribution is 2.22. The van der Waals surface area contributed by atoms with E-state index in [1.54, 1.807) is 0 Å². The number of ether oxygens (including phenoxy) is 1. The van der Waals surface area contributed by atoms with Gasteiger partial charge in [0.15, 0.2) is 6.61 Å². The zero-order valence-electron chi connectivity index (χ0n) is 13.2. The second-order valence-electron chi connectivity index (χ2n) is 5.34. The van der Waals surface area contributed by atoms with Crippen molar-refractivity contribution >= 4 is 11.8 Å². The van der Waals surface area contributed by atoms with Crippen molar-refractivity contribution in [2.75, 3.05) is 0 Å². The Labute approximate surface area is 139 Å². The lowest BCUT2D eigenvalue weighted by Crippen LogP contribution is -1.95. The van der Waals surface area contributed by atoms with Gasteiger partial charge in [0.2, 0.25) is 0 Å². The largest absolute Gasteiger partial charge is 0.484 e. The molecule has 5 heteroatoms. The molecule has 1 aromatic heterocycles. The first-order chi connectivity index (χ1) is 11.2. The fraction of sp³-hybridized carbons (Fsp3) is 0.222. The first-order valence-corrected chi connectivity index (χ1v) is 8.38. The molecule has 118 valence electrons. The van der Waals surface area contributed by atoms with Gasteiger partial charge in [0, 0.05) is 5.75 Å². The van der Waals surface area contributed by atoms with Gasteiger partial charge in [-0.25, -0.2) is 0 Å². The Morgan fingerprint density at radius 1 is 1.00 bits per heavy atom. The van der Waals surface area contributed by atoms with Gasteiger partial charge in [-0.1, -0.05) is 53.7 Å².